The number of aromatic nitrogens is 3. The zero-order valence-electron chi connectivity index (χ0n) is 15.5. The van der Waals surface area contributed by atoms with Gasteiger partial charge in [-0.05, 0) is 38.1 Å². The van der Waals surface area contributed by atoms with E-state index in [0.29, 0.717) is 12.3 Å². The summed E-state index contributed by atoms with van der Waals surface area (Å²) >= 11 is 1.39. The van der Waals surface area contributed by atoms with E-state index in [1.54, 1.807) is 0 Å². The van der Waals surface area contributed by atoms with Crippen LogP contribution in [0.15, 0.2) is 59.8 Å². The van der Waals surface area contributed by atoms with Gasteiger partial charge in [0, 0.05) is 17.9 Å². The summed E-state index contributed by atoms with van der Waals surface area (Å²) in [5.74, 6) is 1.08. The first-order chi connectivity index (χ1) is 13.2. The lowest BCUT2D eigenvalue weighted by atomic mass is 10.2. The van der Waals surface area contributed by atoms with E-state index >= 15 is 0 Å². The Kier molecular flexibility index (Phi) is 6.49. The molecule has 0 bridgehead atoms. The molecule has 2 N–H and O–H groups in total. The maximum absolute atomic E-state index is 12.1. The predicted molar refractivity (Wildman–Crippen MR) is 110 cm³/mol. The molecule has 0 unspecified atom stereocenters. The van der Waals surface area contributed by atoms with Crippen LogP contribution in [0.3, 0.4) is 0 Å². The molecule has 140 valence electrons. The van der Waals surface area contributed by atoms with Gasteiger partial charge in [0.25, 0.3) is 0 Å². The van der Waals surface area contributed by atoms with Crippen molar-refractivity contribution in [2.75, 3.05) is 16.4 Å². The van der Waals surface area contributed by atoms with Crippen LogP contribution in [-0.2, 0) is 17.9 Å². The van der Waals surface area contributed by atoms with Crippen LogP contribution in [0.5, 0.6) is 0 Å². The largest absolute Gasteiger partial charge is 0.378 e. The third kappa shape index (κ3) is 5.34. The number of aryl methyl sites for hydroxylation is 1. The lowest BCUT2D eigenvalue weighted by Crippen LogP contribution is -2.15. The fraction of sp³-hybridized carbons (Fsp3) is 0.250. The minimum Gasteiger partial charge on any atom is -0.378 e. The standard InChI is InChI=1S/C20H23N5OS/c1-3-25-18(13-21-16-11-9-15(2)10-12-16)23-24-20(25)27-14-19(26)22-17-7-5-4-6-8-17/h4-12,21H,3,13-14H2,1-2H3,(H,22,26). The Morgan fingerprint density at radius 3 is 2.48 bits per heavy atom. The maximum Gasteiger partial charge on any atom is 0.234 e. The summed E-state index contributed by atoms with van der Waals surface area (Å²) in [6.07, 6.45) is 0. The van der Waals surface area contributed by atoms with Crippen LogP contribution in [0.1, 0.15) is 18.3 Å². The number of carbonyl (C=O) groups excluding carboxylic acids is 1. The van der Waals surface area contributed by atoms with Crippen molar-refractivity contribution in [3.05, 3.63) is 66.0 Å². The van der Waals surface area contributed by atoms with Gasteiger partial charge in [-0.15, -0.1) is 10.2 Å². The van der Waals surface area contributed by atoms with Crippen LogP contribution in [0.4, 0.5) is 11.4 Å². The molecular weight excluding hydrogens is 358 g/mol. The van der Waals surface area contributed by atoms with Crippen molar-refractivity contribution >= 4 is 29.0 Å². The van der Waals surface area contributed by atoms with Gasteiger partial charge in [-0.2, -0.15) is 0 Å². The van der Waals surface area contributed by atoms with Crippen molar-refractivity contribution in [2.24, 2.45) is 0 Å². The fourth-order valence-corrected chi connectivity index (χ4v) is 3.40. The van der Waals surface area contributed by atoms with E-state index < -0.39 is 0 Å². The minimum absolute atomic E-state index is 0.0591. The summed E-state index contributed by atoms with van der Waals surface area (Å²) in [5.41, 5.74) is 3.07. The molecule has 0 radical (unpaired) electrons. The first-order valence-corrected chi connectivity index (χ1v) is 9.84. The lowest BCUT2D eigenvalue weighted by molar-refractivity contribution is -0.113. The molecule has 1 amide bonds. The Bertz CT molecular complexity index is 877. The zero-order chi connectivity index (χ0) is 19.1. The molecule has 1 aromatic heterocycles. The molecule has 0 saturated carbocycles. The highest BCUT2D eigenvalue weighted by atomic mass is 32.2. The second-order valence-electron chi connectivity index (χ2n) is 6.07. The van der Waals surface area contributed by atoms with Gasteiger partial charge in [0.1, 0.15) is 0 Å². The van der Waals surface area contributed by atoms with Crippen molar-refractivity contribution in [1.82, 2.24) is 14.8 Å². The van der Waals surface area contributed by atoms with Crippen molar-refractivity contribution in [3.8, 4) is 0 Å². The smallest absolute Gasteiger partial charge is 0.234 e. The highest BCUT2D eigenvalue weighted by Crippen LogP contribution is 2.18. The van der Waals surface area contributed by atoms with Crippen molar-refractivity contribution in [1.29, 1.82) is 0 Å². The van der Waals surface area contributed by atoms with E-state index in [2.05, 4.69) is 39.9 Å². The molecule has 0 fully saturated rings. The number of anilines is 2. The predicted octanol–water partition coefficient (Wildman–Crippen LogP) is 3.95. The van der Waals surface area contributed by atoms with Gasteiger partial charge >= 0.3 is 0 Å². The van der Waals surface area contributed by atoms with E-state index in [0.717, 1.165) is 28.9 Å². The van der Waals surface area contributed by atoms with Crippen LogP contribution in [-0.4, -0.2) is 26.4 Å². The molecule has 0 aliphatic heterocycles. The van der Waals surface area contributed by atoms with Crippen LogP contribution < -0.4 is 10.6 Å². The second-order valence-corrected chi connectivity index (χ2v) is 7.01. The Hall–Kier alpha value is -2.80. The Balaban J connectivity index is 1.56. The number of nitrogens with one attached hydrogen (secondary N) is 2. The summed E-state index contributed by atoms with van der Waals surface area (Å²) in [5, 5.41) is 15.5. The van der Waals surface area contributed by atoms with Gasteiger partial charge in [0.2, 0.25) is 5.91 Å². The summed E-state index contributed by atoms with van der Waals surface area (Å²) < 4.78 is 2.03. The number of carbonyl (C=O) groups is 1. The summed E-state index contributed by atoms with van der Waals surface area (Å²) in [6, 6.07) is 17.7. The molecule has 0 aliphatic carbocycles. The normalized spacial score (nSPS) is 10.6. The van der Waals surface area contributed by atoms with Gasteiger partial charge in [-0.3, -0.25) is 4.79 Å². The number of hydrogen-bond acceptors (Lipinski definition) is 5. The lowest BCUT2D eigenvalue weighted by Gasteiger charge is -2.09. The molecule has 27 heavy (non-hydrogen) atoms. The van der Waals surface area contributed by atoms with Crippen molar-refractivity contribution in [2.45, 2.75) is 32.1 Å². The van der Waals surface area contributed by atoms with Gasteiger partial charge in [0.15, 0.2) is 11.0 Å². The SMILES string of the molecule is CCn1c(CNc2ccc(C)cc2)nnc1SCC(=O)Nc1ccccc1. The van der Waals surface area contributed by atoms with Crippen LogP contribution in [0.2, 0.25) is 0 Å². The molecule has 1 heterocycles. The van der Waals surface area contributed by atoms with E-state index in [9.17, 15) is 4.79 Å². The zero-order valence-corrected chi connectivity index (χ0v) is 16.3. The van der Waals surface area contributed by atoms with E-state index in [4.69, 9.17) is 0 Å². The molecule has 6 nitrogen and oxygen atoms in total. The van der Waals surface area contributed by atoms with Gasteiger partial charge in [0.05, 0.1) is 12.3 Å². The number of thioether (sulfide) groups is 1. The van der Waals surface area contributed by atoms with Crippen molar-refractivity contribution in [3.63, 3.8) is 0 Å². The maximum atomic E-state index is 12.1. The fourth-order valence-electron chi connectivity index (χ4n) is 2.58. The van der Waals surface area contributed by atoms with E-state index in [1.807, 2.05) is 54.0 Å². The van der Waals surface area contributed by atoms with Crippen LogP contribution in [0.25, 0.3) is 0 Å². The quantitative estimate of drug-likeness (QED) is 0.578. The average molecular weight is 382 g/mol. The topological polar surface area (TPSA) is 71.8 Å². The Morgan fingerprint density at radius 1 is 1.04 bits per heavy atom. The molecule has 0 spiro atoms. The number of hydrogen-bond donors (Lipinski definition) is 2. The summed E-state index contributed by atoms with van der Waals surface area (Å²) in [6.45, 7) is 5.45. The average Bonchev–Trinajstić information content (AvgIpc) is 3.08. The Morgan fingerprint density at radius 2 is 1.78 bits per heavy atom. The third-order valence-electron chi connectivity index (χ3n) is 4.00. The van der Waals surface area contributed by atoms with Crippen LogP contribution >= 0.6 is 11.8 Å². The first-order valence-electron chi connectivity index (χ1n) is 8.86. The van der Waals surface area contributed by atoms with E-state index in [-0.39, 0.29) is 5.91 Å². The van der Waals surface area contributed by atoms with E-state index in [1.165, 1.54) is 17.3 Å². The first kappa shape index (κ1) is 19.0. The number of amides is 1. The number of nitrogens with zero attached hydrogens (tertiary/aromatic N) is 3. The molecule has 0 atom stereocenters. The monoisotopic (exact) mass is 381 g/mol. The van der Waals surface area contributed by atoms with Gasteiger partial charge < -0.3 is 15.2 Å². The summed E-state index contributed by atoms with van der Waals surface area (Å²) in [7, 11) is 0. The van der Waals surface area contributed by atoms with Gasteiger partial charge in [-0.1, -0.05) is 47.7 Å². The van der Waals surface area contributed by atoms with Gasteiger partial charge in [-0.25, -0.2) is 0 Å². The molecule has 2 aromatic carbocycles. The number of para-hydroxylation sites is 1. The molecule has 3 aromatic rings. The molecular formula is C20H23N5OS. The Labute approximate surface area is 163 Å². The third-order valence-corrected chi connectivity index (χ3v) is 4.97. The highest BCUT2D eigenvalue weighted by molar-refractivity contribution is 7.99. The summed E-state index contributed by atoms with van der Waals surface area (Å²) in [4.78, 5) is 12.1. The second kappa shape index (κ2) is 9.23. The molecule has 0 aliphatic rings. The number of rotatable bonds is 8. The molecule has 3 rings (SSSR count). The molecule has 0 saturated heterocycles. The number of benzene rings is 2. The van der Waals surface area contributed by atoms with Crippen molar-refractivity contribution < 1.29 is 4.79 Å². The minimum atomic E-state index is -0.0591. The molecule has 7 heteroatoms. The van der Waals surface area contributed by atoms with Crippen LogP contribution in [0, 0.1) is 6.92 Å². The highest BCUT2D eigenvalue weighted by Gasteiger charge is 2.13.